The van der Waals surface area contributed by atoms with Crippen LogP contribution >= 0.6 is 0 Å². The van der Waals surface area contributed by atoms with Crippen LogP contribution in [0.15, 0.2) is 48.5 Å². The number of aryl methyl sites for hydroxylation is 1. The number of amides is 1. The largest absolute Gasteiger partial charge is 0.494 e. The molecule has 0 spiro atoms. The molecule has 1 amide bonds. The number of ether oxygens (including phenoxy) is 2. The number of unbranched alkanes of at least 4 members (excludes halogenated alkanes) is 3. The van der Waals surface area contributed by atoms with Crippen molar-refractivity contribution in [3.8, 4) is 11.5 Å². The van der Waals surface area contributed by atoms with Crippen molar-refractivity contribution in [1.29, 1.82) is 0 Å². The van der Waals surface area contributed by atoms with Gasteiger partial charge >= 0.3 is 6.09 Å². The first-order valence-corrected chi connectivity index (χ1v) is 9.52. The summed E-state index contributed by atoms with van der Waals surface area (Å²) in [5, 5.41) is 2.74. The average Bonchev–Trinajstić information content (AvgIpc) is 2.66. The van der Waals surface area contributed by atoms with E-state index in [-0.39, 0.29) is 0 Å². The standard InChI is InChI=1S/C22H29NO3/c1-3-5-7-17-25-20-13-15-21(16-14-20)26-22(24)23-19-11-9-18(10-12-19)8-6-4-2/h9-16H,3-8,17H2,1-2H3,(H,23,24). The minimum atomic E-state index is -0.497. The molecule has 26 heavy (non-hydrogen) atoms. The minimum absolute atomic E-state index is 0.489. The molecule has 0 saturated carbocycles. The summed E-state index contributed by atoms with van der Waals surface area (Å²) in [5.74, 6) is 1.28. The van der Waals surface area contributed by atoms with Crippen LogP contribution in [-0.4, -0.2) is 12.7 Å². The van der Waals surface area contributed by atoms with Crippen LogP contribution in [0.1, 0.15) is 51.5 Å². The zero-order valence-corrected chi connectivity index (χ0v) is 15.8. The van der Waals surface area contributed by atoms with Gasteiger partial charge < -0.3 is 9.47 Å². The van der Waals surface area contributed by atoms with E-state index in [1.165, 1.54) is 31.2 Å². The number of rotatable bonds is 10. The van der Waals surface area contributed by atoms with Crippen LogP contribution in [-0.2, 0) is 6.42 Å². The molecule has 0 fully saturated rings. The van der Waals surface area contributed by atoms with Gasteiger partial charge in [-0.15, -0.1) is 0 Å². The van der Waals surface area contributed by atoms with Gasteiger partial charge in [-0.05, 0) is 61.2 Å². The van der Waals surface area contributed by atoms with Crippen molar-refractivity contribution in [3.63, 3.8) is 0 Å². The highest BCUT2D eigenvalue weighted by atomic mass is 16.6. The third kappa shape index (κ3) is 7.18. The van der Waals surface area contributed by atoms with Crippen molar-refractivity contribution < 1.29 is 14.3 Å². The summed E-state index contributed by atoms with van der Waals surface area (Å²) < 4.78 is 11.0. The van der Waals surface area contributed by atoms with Crippen LogP contribution in [0.3, 0.4) is 0 Å². The van der Waals surface area contributed by atoms with Crippen molar-refractivity contribution in [2.45, 2.75) is 52.4 Å². The zero-order chi connectivity index (χ0) is 18.6. The summed E-state index contributed by atoms with van der Waals surface area (Å²) in [6.07, 6.45) is 6.31. The number of benzene rings is 2. The van der Waals surface area contributed by atoms with E-state index >= 15 is 0 Å². The van der Waals surface area contributed by atoms with Gasteiger partial charge in [0.1, 0.15) is 11.5 Å². The van der Waals surface area contributed by atoms with Crippen LogP contribution in [0, 0.1) is 0 Å². The summed E-state index contributed by atoms with van der Waals surface area (Å²) in [6.45, 7) is 5.05. The molecule has 0 aliphatic rings. The Morgan fingerprint density at radius 1 is 0.846 bits per heavy atom. The Balaban J connectivity index is 1.78. The van der Waals surface area contributed by atoms with Gasteiger partial charge in [0, 0.05) is 5.69 Å². The Labute approximate surface area is 156 Å². The quantitative estimate of drug-likeness (QED) is 0.515. The maximum Gasteiger partial charge on any atom is 0.417 e. The second-order valence-electron chi connectivity index (χ2n) is 6.34. The van der Waals surface area contributed by atoms with Crippen molar-refractivity contribution in [2.75, 3.05) is 11.9 Å². The second kappa shape index (κ2) is 11.2. The highest BCUT2D eigenvalue weighted by molar-refractivity contribution is 5.86. The summed E-state index contributed by atoms with van der Waals surface area (Å²) in [7, 11) is 0. The monoisotopic (exact) mass is 355 g/mol. The molecular formula is C22H29NO3. The van der Waals surface area contributed by atoms with Crippen LogP contribution in [0.5, 0.6) is 11.5 Å². The number of nitrogens with one attached hydrogen (secondary N) is 1. The summed E-state index contributed by atoms with van der Waals surface area (Å²) >= 11 is 0. The number of anilines is 1. The van der Waals surface area contributed by atoms with Gasteiger partial charge in [-0.25, -0.2) is 4.79 Å². The molecule has 0 atom stereocenters. The molecule has 0 unspecified atom stereocenters. The van der Waals surface area contributed by atoms with Gasteiger partial charge in [-0.1, -0.05) is 45.2 Å². The molecule has 0 aromatic heterocycles. The normalized spacial score (nSPS) is 10.4. The number of carbonyl (C=O) groups is 1. The summed E-state index contributed by atoms with van der Waals surface area (Å²) in [4.78, 5) is 12.0. The van der Waals surface area contributed by atoms with E-state index < -0.39 is 6.09 Å². The van der Waals surface area contributed by atoms with Crippen LogP contribution in [0.25, 0.3) is 0 Å². The Morgan fingerprint density at radius 3 is 2.15 bits per heavy atom. The van der Waals surface area contributed by atoms with Crippen molar-refractivity contribution in [2.24, 2.45) is 0 Å². The molecule has 0 saturated heterocycles. The maximum atomic E-state index is 12.0. The second-order valence-corrected chi connectivity index (χ2v) is 6.34. The predicted octanol–water partition coefficient (Wildman–Crippen LogP) is 6.21. The Kier molecular flexibility index (Phi) is 8.53. The molecule has 2 aromatic carbocycles. The molecule has 0 radical (unpaired) electrons. The Morgan fingerprint density at radius 2 is 1.50 bits per heavy atom. The van der Waals surface area contributed by atoms with E-state index in [1.54, 1.807) is 12.1 Å². The van der Waals surface area contributed by atoms with Crippen LogP contribution < -0.4 is 14.8 Å². The number of carbonyl (C=O) groups excluding carboxylic acids is 1. The van der Waals surface area contributed by atoms with Crippen molar-refractivity contribution >= 4 is 11.8 Å². The summed E-state index contributed by atoms with van der Waals surface area (Å²) in [5.41, 5.74) is 2.01. The SMILES string of the molecule is CCCCCOc1ccc(OC(=O)Nc2ccc(CCCC)cc2)cc1. The molecule has 0 heterocycles. The lowest BCUT2D eigenvalue weighted by atomic mass is 10.1. The van der Waals surface area contributed by atoms with Crippen molar-refractivity contribution in [1.82, 2.24) is 0 Å². The first kappa shape index (κ1) is 19.8. The predicted molar refractivity (Wildman–Crippen MR) is 106 cm³/mol. The lowest BCUT2D eigenvalue weighted by Gasteiger charge is -2.09. The van der Waals surface area contributed by atoms with Gasteiger partial charge in [0.15, 0.2) is 0 Å². The minimum Gasteiger partial charge on any atom is -0.494 e. The third-order valence-corrected chi connectivity index (χ3v) is 4.07. The lowest BCUT2D eigenvalue weighted by molar-refractivity contribution is 0.215. The molecule has 1 N–H and O–H groups in total. The molecule has 2 rings (SSSR count). The lowest BCUT2D eigenvalue weighted by Crippen LogP contribution is -2.16. The van der Waals surface area contributed by atoms with Gasteiger partial charge in [0.2, 0.25) is 0 Å². The molecule has 4 heteroatoms. The number of hydrogen-bond donors (Lipinski definition) is 1. The summed E-state index contributed by atoms with van der Waals surface area (Å²) in [6, 6.07) is 15.0. The van der Waals surface area contributed by atoms with E-state index in [4.69, 9.17) is 9.47 Å². The first-order chi connectivity index (χ1) is 12.7. The molecule has 0 aliphatic heterocycles. The Bertz CT molecular complexity index is 650. The van der Waals surface area contributed by atoms with E-state index in [9.17, 15) is 4.79 Å². The van der Waals surface area contributed by atoms with Gasteiger partial charge in [0.05, 0.1) is 6.61 Å². The van der Waals surface area contributed by atoms with Gasteiger partial charge in [-0.2, -0.15) is 0 Å². The molecule has 2 aromatic rings. The van der Waals surface area contributed by atoms with Crippen LogP contribution in [0.2, 0.25) is 0 Å². The number of hydrogen-bond acceptors (Lipinski definition) is 3. The zero-order valence-electron chi connectivity index (χ0n) is 15.8. The Hall–Kier alpha value is -2.49. The fourth-order valence-corrected chi connectivity index (χ4v) is 2.53. The van der Waals surface area contributed by atoms with E-state index in [0.29, 0.717) is 12.4 Å². The van der Waals surface area contributed by atoms with E-state index in [0.717, 1.165) is 24.3 Å². The van der Waals surface area contributed by atoms with Gasteiger partial charge in [-0.3, -0.25) is 5.32 Å². The van der Waals surface area contributed by atoms with E-state index in [2.05, 4.69) is 19.2 Å². The molecular weight excluding hydrogens is 326 g/mol. The maximum absolute atomic E-state index is 12.0. The highest BCUT2D eigenvalue weighted by Crippen LogP contribution is 2.19. The highest BCUT2D eigenvalue weighted by Gasteiger charge is 2.06. The first-order valence-electron chi connectivity index (χ1n) is 9.52. The third-order valence-electron chi connectivity index (χ3n) is 4.07. The molecule has 0 bridgehead atoms. The van der Waals surface area contributed by atoms with Crippen molar-refractivity contribution in [3.05, 3.63) is 54.1 Å². The molecule has 0 aliphatic carbocycles. The fourth-order valence-electron chi connectivity index (χ4n) is 2.53. The van der Waals surface area contributed by atoms with Crippen LogP contribution in [0.4, 0.5) is 10.5 Å². The van der Waals surface area contributed by atoms with Gasteiger partial charge in [0.25, 0.3) is 0 Å². The van der Waals surface area contributed by atoms with E-state index in [1.807, 2.05) is 36.4 Å². The molecule has 4 nitrogen and oxygen atoms in total. The average molecular weight is 355 g/mol. The fraction of sp³-hybridized carbons (Fsp3) is 0.409. The molecule has 140 valence electrons. The topological polar surface area (TPSA) is 47.6 Å². The smallest absolute Gasteiger partial charge is 0.417 e.